The van der Waals surface area contributed by atoms with Crippen molar-refractivity contribution in [2.75, 3.05) is 23.3 Å². The maximum absolute atomic E-state index is 13.2. The first-order chi connectivity index (χ1) is 16.0. The highest BCUT2D eigenvalue weighted by Gasteiger charge is 2.33. The van der Waals surface area contributed by atoms with Crippen LogP contribution in [-0.2, 0) is 4.79 Å². The summed E-state index contributed by atoms with van der Waals surface area (Å²) in [4.78, 5) is 47.1. The number of aryl methyl sites for hydroxylation is 1. The first-order valence-corrected chi connectivity index (χ1v) is 11.6. The Kier molecular flexibility index (Phi) is 5.33. The van der Waals surface area contributed by atoms with E-state index in [4.69, 9.17) is 0 Å². The number of thiophene rings is 1. The monoisotopic (exact) mass is 461 g/mol. The van der Waals surface area contributed by atoms with E-state index in [9.17, 15) is 14.4 Å². The van der Waals surface area contributed by atoms with Gasteiger partial charge in [-0.1, -0.05) is 24.3 Å². The standard InChI is InChI=1S/C24H23N5O3S/c1-3-18(30)28-12-4-5-15(13-28)26-22(31)21-20-19-17(10-11-25-23(19)33-21)29(24(32)27-20)16-8-6-14(2)7-9-16/h3,6-11,15H,1,4-5,12-13H2,2H3,(H,26,31)(H,27,32). The van der Waals surface area contributed by atoms with Gasteiger partial charge in [-0.25, -0.2) is 9.78 Å². The summed E-state index contributed by atoms with van der Waals surface area (Å²) in [6, 6.07) is 8.99. The highest BCUT2D eigenvalue weighted by Crippen LogP contribution is 2.45. The second-order valence-electron chi connectivity index (χ2n) is 8.22. The lowest BCUT2D eigenvalue weighted by atomic mass is 10.1. The number of nitrogens with one attached hydrogen (secondary N) is 2. The first kappa shape index (κ1) is 21.1. The van der Waals surface area contributed by atoms with E-state index in [0.717, 1.165) is 29.5 Å². The van der Waals surface area contributed by atoms with Crippen LogP contribution in [0.4, 0.5) is 21.9 Å². The van der Waals surface area contributed by atoms with Gasteiger partial charge in [0.05, 0.1) is 22.4 Å². The summed E-state index contributed by atoms with van der Waals surface area (Å²) in [5, 5.41) is 6.70. The number of piperidine rings is 1. The smallest absolute Gasteiger partial charge is 0.331 e. The van der Waals surface area contributed by atoms with Gasteiger partial charge >= 0.3 is 6.03 Å². The zero-order chi connectivity index (χ0) is 23.1. The van der Waals surface area contributed by atoms with Gasteiger partial charge in [0.2, 0.25) is 5.91 Å². The first-order valence-electron chi connectivity index (χ1n) is 10.8. The van der Waals surface area contributed by atoms with E-state index in [0.29, 0.717) is 34.2 Å². The number of pyridine rings is 1. The molecule has 2 aliphatic rings. The highest BCUT2D eigenvalue weighted by atomic mass is 32.1. The second-order valence-corrected chi connectivity index (χ2v) is 9.22. The summed E-state index contributed by atoms with van der Waals surface area (Å²) in [6.07, 6.45) is 4.53. The Balaban J connectivity index is 1.47. The maximum atomic E-state index is 13.2. The number of rotatable bonds is 4. The molecule has 2 N–H and O–H groups in total. The van der Waals surface area contributed by atoms with Crippen molar-refractivity contribution in [1.82, 2.24) is 15.2 Å². The molecule has 0 bridgehead atoms. The van der Waals surface area contributed by atoms with E-state index in [1.54, 1.807) is 22.1 Å². The van der Waals surface area contributed by atoms with Crippen molar-refractivity contribution in [2.24, 2.45) is 0 Å². The van der Waals surface area contributed by atoms with Crippen LogP contribution in [-0.4, -0.2) is 46.9 Å². The molecule has 1 unspecified atom stereocenters. The van der Waals surface area contributed by atoms with E-state index in [-0.39, 0.29) is 23.9 Å². The van der Waals surface area contributed by atoms with Crippen LogP contribution in [0.1, 0.15) is 28.1 Å². The van der Waals surface area contributed by atoms with Crippen molar-refractivity contribution in [2.45, 2.75) is 25.8 Å². The van der Waals surface area contributed by atoms with Gasteiger partial charge in [0.15, 0.2) is 0 Å². The molecule has 1 aromatic carbocycles. The molecule has 1 fully saturated rings. The predicted octanol–water partition coefficient (Wildman–Crippen LogP) is 4.20. The Labute approximate surface area is 194 Å². The molecule has 2 aliphatic heterocycles. The molecule has 2 aromatic heterocycles. The molecule has 9 heteroatoms. The third-order valence-corrected chi connectivity index (χ3v) is 7.08. The minimum Gasteiger partial charge on any atom is -0.347 e. The SMILES string of the molecule is C=CC(=O)N1CCCC(NC(=O)c2sc3nccc4c3c2NC(=O)N4c2ccc(C)cc2)C1. The van der Waals surface area contributed by atoms with E-state index in [1.807, 2.05) is 31.2 Å². The van der Waals surface area contributed by atoms with Crippen LogP contribution in [0.15, 0.2) is 49.2 Å². The number of aromatic nitrogens is 1. The highest BCUT2D eigenvalue weighted by molar-refractivity contribution is 7.21. The number of urea groups is 1. The lowest BCUT2D eigenvalue weighted by Gasteiger charge is -2.32. The molecule has 4 heterocycles. The van der Waals surface area contributed by atoms with Gasteiger partial charge in [-0.15, -0.1) is 11.3 Å². The molecule has 8 nitrogen and oxygen atoms in total. The van der Waals surface area contributed by atoms with Gasteiger partial charge in [-0.05, 0) is 44.0 Å². The van der Waals surface area contributed by atoms with Gasteiger partial charge in [-0.3, -0.25) is 14.5 Å². The molecule has 3 aromatic rings. The quantitative estimate of drug-likeness (QED) is 0.570. The molecular weight excluding hydrogens is 438 g/mol. The summed E-state index contributed by atoms with van der Waals surface area (Å²) < 4.78 is 0. The molecule has 0 aliphatic carbocycles. The van der Waals surface area contributed by atoms with E-state index < -0.39 is 0 Å². The van der Waals surface area contributed by atoms with Crippen LogP contribution >= 0.6 is 11.3 Å². The number of benzene rings is 1. The average molecular weight is 462 g/mol. The number of hydrogen-bond acceptors (Lipinski definition) is 5. The molecule has 1 saturated heterocycles. The summed E-state index contributed by atoms with van der Waals surface area (Å²) in [7, 11) is 0. The number of anilines is 3. The van der Waals surface area contributed by atoms with Crippen LogP contribution < -0.4 is 15.5 Å². The number of carbonyl (C=O) groups is 3. The van der Waals surface area contributed by atoms with Crippen LogP contribution in [0.3, 0.4) is 0 Å². The number of likely N-dealkylation sites (tertiary alicyclic amines) is 1. The van der Waals surface area contributed by atoms with Crippen molar-refractivity contribution in [3.8, 4) is 0 Å². The third-order valence-electron chi connectivity index (χ3n) is 5.99. The largest absolute Gasteiger partial charge is 0.347 e. The normalized spacial score (nSPS) is 17.6. The van der Waals surface area contributed by atoms with Crippen LogP contribution in [0.2, 0.25) is 0 Å². The fourth-order valence-electron chi connectivity index (χ4n) is 4.37. The molecule has 0 spiro atoms. The number of nitrogens with zero attached hydrogens (tertiary/aromatic N) is 3. The lowest BCUT2D eigenvalue weighted by molar-refractivity contribution is -0.127. The van der Waals surface area contributed by atoms with Gasteiger partial charge in [0, 0.05) is 25.3 Å². The Morgan fingerprint density at radius 3 is 2.82 bits per heavy atom. The molecule has 1 atom stereocenters. The minimum absolute atomic E-state index is 0.136. The van der Waals surface area contributed by atoms with E-state index >= 15 is 0 Å². The number of carbonyl (C=O) groups excluding carboxylic acids is 3. The lowest BCUT2D eigenvalue weighted by Crippen LogP contribution is -2.49. The predicted molar refractivity (Wildman–Crippen MR) is 129 cm³/mol. The topological polar surface area (TPSA) is 94.6 Å². The van der Waals surface area contributed by atoms with Gasteiger partial charge in [-0.2, -0.15) is 0 Å². The second kappa shape index (κ2) is 8.32. The molecule has 168 valence electrons. The van der Waals surface area contributed by atoms with Gasteiger partial charge in [0.25, 0.3) is 5.91 Å². The Hall–Kier alpha value is -3.72. The van der Waals surface area contributed by atoms with Crippen molar-refractivity contribution >= 4 is 56.5 Å². The zero-order valence-electron chi connectivity index (χ0n) is 18.1. The molecular formula is C24H23N5O3S. The zero-order valence-corrected chi connectivity index (χ0v) is 18.9. The van der Waals surface area contributed by atoms with Crippen LogP contribution in [0, 0.1) is 6.92 Å². The van der Waals surface area contributed by atoms with E-state index in [2.05, 4.69) is 22.2 Å². The van der Waals surface area contributed by atoms with Gasteiger partial charge in [0.1, 0.15) is 9.71 Å². The average Bonchev–Trinajstić information content (AvgIpc) is 3.19. The molecule has 33 heavy (non-hydrogen) atoms. The summed E-state index contributed by atoms with van der Waals surface area (Å²) in [5.74, 6) is -0.413. The molecule has 0 saturated carbocycles. The summed E-state index contributed by atoms with van der Waals surface area (Å²) in [6.45, 7) is 6.63. The summed E-state index contributed by atoms with van der Waals surface area (Å²) >= 11 is 1.25. The Morgan fingerprint density at radius 2 is 2.06 bits per heavy atom. The molecule has 0 radical (unpaired) electrons. The van der Waals surface area contributed by atoms with E-state index in [1.165, 1.54) is 17.4 Å². The van der Waals surface area contributed by atoms with Crippen molar-refractivity contribution < 1.29 is 14.4 Å². The van der Waals surface area contributed by atoms with Crippen LogP contribution in [0.5, 0.6) is 0 Å². The van der Waals surface area contributed by atoms with Crippen molar-refractivity contribution in [3.63, 3.8) is 0 Å². The fraction of sp³-hybridized carbons (Fsp3) is 0.250. The van der Waals surface area contributed by atoms with Crippen LogP contribution in [0.25, 0.3) is 10.2 Å². The molecule has 4 amide bonds. The molecule has 5 rings (SSSR count). The van der Waals surface area contributed by atoms with Crippen molar-refractivity contribution in [1.29, 1.82) is 0 Å². The minimum atomic E-state index is -0.327. The maximum Gasteiger partial charge on any atom is 0.331 e. The number of amides is 4. The third kappa shape index (κ3) is 3.74. The number of hydrogen-bond donors (Lipinski definition) is 2. The fourth-order valence-corrected chi connectivity index (χ4v) is 5.39. The summed E-state index contributed by atoms with van der Waals surface area (Å²) in [5.41, 5.74) is 3.02. The van der Waals surface area contributed by atoms with Gasteiger partial charge < -0.3 is 15.5 Å². The van der Waals surface area contributed by atoms with Crippen molar-refractivity contribution in [3.05, 3.63) is 59.6 Å². The Bertz CT molecular complexity index is 1280. The Morgan fingerprint density at radius 1 is 1.27 bits per heavy atom.